The van der Waals surface area contributed by atoms with Gasteiger partial charge in [-0.25, -0.2) is 4.68 Å². The van der Waals surface area contributed by atoms with Gasteiger partial charge in [-0.3, -0.25) is 4.79 Å². The van der Waals surface area contributed by atoms with Crippen molar-refractivity contribution >= 4 is 17.6 Å². The predicted molar refractivity (Wildman–Crippen MR) is 91.2 cm³/mol. The van der Waals surface area contributed by atoms with Gasteiger partial charge in [-0.1, -0.05) is 44.5 Å². The van der Waals surface area contributed by atoms with Crippen molar-refractivity contribution in [1.82, 2.24) is 15.1 Å². The molecule has 2 rings (SSSR count). The molecule has 0 fully saturated rings. The summed E-state index contributed by atoms with van der Waals surface area (Å²) in [5, 5.41) is 17.2. The van der Waals surface area contributed by atoms with E-state index in [1.807, 2.05) is 30.5 Å². The molecule has 1 aromatic heterocycles. The Balaban J connectivity index is 2.26. The molecule has 5 nitrogen and oxygen atoms in total. The van der Waals surface area contributed by atoms with E-state index in [4.69, 9.17) is 21.8 Å². The van der Waals surface area contributed by atoms with Gasteiger partial charge in [0.2, 0.25) is 0 Å². The van der Waals surface area contributed by atoms with Gasteiger partial charge in [-0.2, -0.15) is 5.10 Å². The third-order valence-corrected chi connectivity index (χ3v) is 3.75. The Morgan fingerprint density at radius 3 is 2.65 bits per heavy atom. The van der Waals surface area contributed by atoms with E-state index in [2.05, 4.69) is 26.1 Å². The number of benzene rings is 1. The topological polar surface area (TPSA) is 67.2 Å². The number of halogens is 1. The highest BCUT2D eigenvalue weighted by Crippen LogP contribution is 2.27. The quantitative estimate of drug-likeness (QED) is 0.794. The van der Waals surface area contributed by atoms with Crippen molar-refractivity contribution in [3.63, 3.8) is 0 Å². The fourth-order valence-electron chi connectivity index (χ4n) is 2.35. The molecule has 0 aliphatic carbocycles. The second-order valence-corrected chi connectivity index (χ2v) is 6.88. The summed E-state index contributed by atoms with van der Waals surface area (Å²) in [4.78, 5) is 10.6. The first kappa shape index (κ1) is 17.5. The molecule has 1 heterocycles. The van der Waals surface area contributed by atoms with Crippen LogP contribution in [0.15, 0.2) is 30.5 Å². The summed E-state index contributed by atoms with van der Waals surface area (Å²) in [6, 6.07) is 7.56. The van der Waals surface area contributed by atoms with Gasteiger partial charge >= 0.3 is 5.97 Å². The molecular formula is C17H22ClN3O2. The van der Waals surface area contributed by atoms with Crippen LogP contribution in [0.4, 0.5) is 0 Å². The Hall–Kier alpha value is -1.85. The Kier molecular flexibility index (Phi) is 5.44. The van der Waals surface area contributed by atoms with Crippen LogP contribution in [0.1, 0.15) is 38.4 Å². The lowest BCUT2D eigenvalue weighted by molar-refractivity contribution is -0.136. The second kappa shape index (κ2) is 7.15. The fraction of sp³-hybridized carbons (Fsp3) is 0.412. The minimum absolute atomic E-state index is 0.101. The molecule has 0 aliphatic heterocycles. The molecule has 0 radical (unpaired) electrons. The molecule has 0 aliphatic rings. The van der Waals surface area contributed by atoms with Crippen LogP contribution in [-0.2, 0) is 16.8 Å². The van der Waals surface area contributed by atoms with Gasteiger partial charge in [0.25, 0.3) is 0 Å². The van der Waals surface area contributed by atoms with Gasteiger partial charge < -0.3 is 10.4 Å². The molecule has 0 atom stereocenters. The van der Waals surface area contributed by atoms with Crippen molar-refractivity contribution in [3.05, 3.63) is 46.7 Å². The predicted octanol–water partition coefficient (Wildman–Crippen LogP) is 3.39. The van der Waals surface area contributed by atoms with E-state index in [0.717, 1.165) is 16.9 Å². The molecule has 1 aromatic carbocycles. The molecule has 2 N–H and O–H groups in total. The minimum atomic E-state index is -0.805. The Morgan fingerprint density at radius 1 is 1.35 bits per heavy atom. The van der Waals surface area contributed by atoms with Crippen LogP contribution in [0.5, 0.6) is 0 Å². The van der Waals surface area contributed by atoms with Gasteiger partial charge in [0, 0.05) is 30.3 Å². The average molecular weight is 336 g/mol. The maximum atomic E-state index is 10.6. The second-order valence-electron chi connectivity index (χ2n) is 6.47. The smallest absolute Gasteiger partial charge is 0.304 e. The molecule has 124 valence electrons. The lowest BCUT2D eigenvalue weighted by atomic mass is 9.89. The van der Waals surface area contributed by atoms with E-state index < -0.39 is 5.97 Å². The number of hydrogen-bond donors (Lipinski definition) is 2. The van der Waals surface area contributed by atoms with Crippen molar-refractivity contribution < 1.29 is 9.90 Å². The van der Waals surface area contributed by atoms with E-state index in [9.17, 15) is 4.79 Å². The molecule has 0 saturated heterocycles. The van der Waals surface area contributed by atoms with Crippen molar-refractivity contribution in [2.75, 3.05) is 6.54 Å². The van der Waals surface area contributed by atoms with Crippen LogP contribution < -0.4 is 5.32 Å². The number of nitrogens with zero attached hydrogens (tertiary/aromatic N) is 2. The summed E-state index contributed by atoms with van der Waals surface area (Å²) in [5.74, 6) is -0.805. The normalized spacial score (nSPS) is 11.7. The summed E-state index contributed by atoms with van der Waals surface area (Å²) < 4.78 is 1.79. The Morgan fingerprint density at radius 2 is 2.04 bits per heavy atom. The average Bonchev–Trinajstić information content (AvgIpc) is 2.88. The fourth-order valence-corrected chi connectivity index (χ4v) is 2.57. The number of aromatic nitrogens is 2. The number of rotatable bonds is 6. The minimum Gasteiger partial charge on any atom is -0.481 e. The lowest BCUT2D eigenvalue weighted by Crippen LogP contribution is -2.21. The van der Waals surface area contributed by atoms with E-state index in [1.165, 1.54) is 0 Å². The van der Waals surface area contributed by atoms with Gasteiger partial charge in [0.15, 0.2) is 0 Å². The molecule has 0 bridgehead atoms. The molecule has 0 saturated carbocycles. The highest BCUT2D eigenvalue weighted by molar-refractivity contribution is 6.32. The van der Waals surface area contributed by atoms with Crippen LogP contribution in [0.3, 0.4) is 0 Å². The van der Waals surface area contributed by atoms with E-state index >= 15 is 0 Å². The zero-order valence-corrected chi connectivity index (χ0v) is 14.4. The van der Waals surface area contributed by atoms with E-state index in [-0.39, 0.29) is 11.8 Å². The molecule has 0 amide bonds. The van der Waals surface area contributed by atoms with Crippen molar-refractivity contribution in [2.24, 2.45) is 0 Å². The third-order valence-electron chi connectivity index (χ3n) is 3.43. The first-order chi connectivity index (χ1) is 10.8. The van der Waals surface area contributed by atoms with Crippen molar-refractivity contribution in [3.8, 4) is 5.69 Å². The van der Waals surface area contributed by atoms with Crippen LogP contribution >= 0.6 is 11.6 Å². The summed E-state index contributed by atoms with van der Waals surface area (Å²) in [5.41, 5.74) is 2.73. The first-order valence-electron chi connectivity index (χ1n) is 7.55. The number of hydrogen-bond acceptors (Lipinski definition) is 3. The monoisotopic (exact) mass is 335 g/mol. The van der Waals surface area contributed by atoms with Crippen molar-refractivity contribution in [1.29, 1.82) is 0 Å². The van der Waals surface area contributed by atoms with E-state index in [1.54, 1.807) is 4.68 Å². The maximum Gasteiger partial charge on any atom is 0.304 e. The molecule has 2 aromatic rings. The van der Waals surface area contributed by atoms with Crippen LogP contribution in [0, 0.1) is 0 Å². The number of carboxylic acids is 1. The highest BCUT2D eigenvalue weighted by atomic mass is 35.5. The molecule has 0 unspecified atom stereocenters. The van der Waals surface area contributed by atoms with Crippen molar-refractivity contribution in [2.45, 2.75) is 39.2 Å². The SMILES string of the molecule is CC(C)(C)c1nn(-c2ccccc2Cl)cc1CNCCC(=O)O. The molecule has 0 spiro atoms. The third kappa shape index (κ3) is 4.56. The number of nitrogens with one attached hydrogen (secondary N) is 1. The van der Waals surface area contributed by atoms with Gasteiger partial charge in [-0.05, 0) is 12.1 Å². The van der Waals surface area contributed by atoms with Gasteiger partial charge in [-0.15, -0.1) is 0 Å². The standard InChI is InChI=1S/C17H22ClN3O2/c1-17(2,3)16-12(10-19-9-8-15(22)23)11-21(20-16)14-7-5-4-6-13(14)18/h4-7,11,19H,8-10H2,1-3H3,(H,22,23). The van der Waals surface area contributed by atoms with E-state index in [0.29, 0.717) is 18.1 Å². The van der Waals surface area contributed by atoms with Gasteiger partial charge in [0.05, 0.1) is 22.8 Å². The van der Waals surface area contributed by atoms with Crippen LogP contribution in [-0.4, -0.2) is 27.4 Å². The molecule has 23 heavy (non-hydrogen) atoms. The van der Waals surface area contributed by atoms with Crippen LogP contribution in [0.2, 0.25) is 5.02 Å². The lowest BCUT2D eigenvalue weighted by Gasteiger charge is -2.17. The number of para-hydroxylation sites is 1. The largest absolute Gasteiger partial charge is 0.481 e. The zero-order chi connectivity index (χ0) is 17.0. The number of aliphatic carboxylic acids is 1. The summed E-state index contributed by atoms with van der Waals surface area (Å²) in [6.45, 7) is 7.31. The van der Waals surface area contributed by atoms with Crippen LogP contribution in [0.25, 0.3) is 5.69 Å². The maximum absolute atomic E-state index is 10.6. The first-order valence-corrected chi connectivity index (χ1v) is 7.93. The zero-order valence-electron chi connectivity index (χ0n) is 13.6. The number of carbonyl (C=O) groups is 1. The Bertz CT molecular complexity index is 689. The Labute approximate surface area is 141 Å². The number of carboxylic acid groups (broad SMARTS) is 1. The molecular weight excluding hydrogens is 314 g/mol. The summed E-state index contributed by atoms with van der Waals surface area (Å²) >= 11 is 6.25. The summed E-state index contributed by atoms with van der Waals surface area (Å²) in [7, 11) is 0. The van der Waals surface area contributed by atoms with Gasteiger partial charge in [0.1, 0.15) is 0 Å². The highest BCUT2D eigenvalue weighted by Gasteiger charge is 2.23. The summed E-state index contributed by atoms with van der Waals surface area (Å²) in [6.07, 6.45) is 2.05. The molecule has 6 heteroatoms.